The van der Waals surface area contributed by atoms with Crippen molar-refractivity contribution in [3.8, 4) is 5.75 Å². The molecule has 0 saturated carbocycles. The predicted octanol–water partition coefficient (Wildman–Crippen LogP) is 2.66. The Morgan fingerprint density at radius 1 is 1.06 bits per heavy atom. The highest BCUT2D eigenvalue weighted by molar-refractivity contribution is 7.80. The third-order valence-electron chi connectivity index (χ3n) is 4.78. The molecular formula is C22H26N2O6S. The monoisotopic (exact) mass is 446 g/mol. The van der Waals surface area contributed by atoms with Crippen LogP contribution in [-0.2, 0) is 20.8 Å². The molecule has 0 radical (unpaired) electrons. The van der Waals surface area contributed by atoms with Crippen molar-refractivity contribution in [3.05, 3.63) is 60.2 Å². The highest BCUT2D eigenvalue weighted by Gasteiger charge is 2.41. The standard InChI is InChI=1S/C22H26N2O6S/c1-30-18-9-7-17(8-10-18)23-22(21(28)29,12-11-19(25)26)24-20(27)16(14-31)13-15-5-3-2-4-6-15/h2-10,16,23,31H,11-14H2,1H3,(H,24,27)(H,25,26)(H,28,29). The number of hydrogen-bond donors (Lipinski definition) is 5. The van der Waals surface area contributed by atoms with Crippen molar-refractivity contribution in [3.63, 3.8) is 0 Å². The van der Waals surface area contributed by atoms with E-state index in [0.29, 0.717) is 17.9 Å². The van der Waals surface area contributed by atoms with Gasteiger partial charge in [0.1, 0.15) is 5.75 Å². The fourth-order valence-corrected chi connectivity index (χ4v) is 3.33. The first kappa shape index (κ1) is 24.1. The molecule has 31 heavy (non-hydrogen) atoms. The first-order chi connectivity index (χ1) is 14.8. The summed E-state index contributed by atoms with van der Waals surface area (Å²) < 4.78 is 5.09. The molecule has 0 aliphatic rings. The van der Waals surface area contributed by atoms with Crippen molar-refractivity contribution < 1.29 is 29.3 Å². The minimum atomic E-state index is -2.01. The molecule has 8 nitrogen and oxygen atoms in total. The van der Waals surface area contributed by atoms with E-state index in [2.05, 4.69) is 23.3 Å². The fourth-order valence-electron chi connectivity index (χ4n) is 3.04. The molecule has 2 aromatic carbocycles. The van der Waals surface area contributed by atoms with Crippen LogP contribution in [0, 0.1) is 5.92 Å². The van der Waals surface area contributed by atoms with Crippen LogP contribution in [0.3, 0.4) is 0 Å². The van der Waals surface area contributed by atoms with E-state index < -0.39 is 35.8 Å². The molecule has 166 valence electrons. The first-order valence-corrected chi connectivity index (χ1v) is 10.3. The maximum absolute atomic E-state index is 13.0. The van der Waals surface area contributed by atoms with Crippen LogP contribution in [0.5, 0.6) is 5.75 Å². The zero-order chi connectivity index (χ0) is 22.9. The summed E-state index contributed by atoms with van der Waals surface area (Å²) in [6, 6.07) is 15.7. The molecule has 0 fully saturated rings. The number of thiol groups is 1. The number of hydrogen-bond acceptors (Lipinski definition) is 6. The molecule has 9 heteroatoms. The number of carbonyl (C=O) groups is 3. The summed E-state index contributed by atoms with van der Waals surface area (Å²) in [6.45, 7) is 0. The number of methoxy groups -OCH3 is 1. The minimum absolute atomic E-state index is 0.192. The number of nitrogens with one attached hydrogen (secondary N) is 2. The van der Waals surface area contributed by atoms with Gasteiger partial charge < -0.3 is 25.6 Å². The van der Waals surface area contributed by atoms with E-state index in [1.807, 2.05) is 30.3 Å². The van der Waals surface area contributed by atoms with Crippen molar-refractivity contribution in [2.45, 2.75) is 24.9 Å². The van der Waals surface area contributed by atoms with Crippen LogP contribution in [0.2, 0.25) is 0 Å². The Kier molecular flexibility index (Phi) is 8.75. The van der Waals surface area contributed by atoms with Gasteiger partial charge in [-0.3, -0.25) is 9.59 Å². The summed E-state index contributed by atoms with van der Waals surface area (Å²) in [5.74, 6) is -2.95. The number of carboxylic acid groups (broad SMARTS) is 2. The second kappa shape index (κ2) is 11.3. The van der Waals surface area contributed by atoms with Gasteiger partial charge in [0.25, 0.3) is 0 Å². The van der Waals surface area contributed by atoms with Gasteiger partial charge >= 0.3 is 11.9 Å². The summed E-state index contributed by atoms with van der Waals surface area (Å²) in [5.41, 5.74) is -0.715. The fraction of sp³-hybridized carbons (Fsp3) is 0.318. The maximum atomic E-state index is 13.0. The molecule has 2 atom stereocenters. The van der Waals surface area contributed by atoms with E-state index in [4.69, 9.17) is 9.84 Å². The average Bonchev–Trinajstić information content (AvgIpc) is 2.76. The summed E-state index contributed by atoms with van der Waals surface area (Å²) >= 11 is 4.26. The van der Waals surface area contributed by atoms with Crippen molar-refractivity contribution in [1.29, 1.82) is 0 Å². The molecule has 2 rings (SSSR count). The van der Waals surface area contributed by atoms with Gasteiger partial charge in [0, 0.05) is 24.3 Å². The number of amides is 1. The van der Waals surface area contributed by atoms with E-state index in [1.165, 1.54) is 7.11 Å². The topological polar surface area (TPSA) is 125 Å². The molecule has 0 aliphatic carbocycles. The maximum Gasteiger partial charge on any atom is 0.350 e. The Labute approximate surface area is 186 Å². The van der Waals surface area contributed by atoms with Gasteiger partial charge in [0.05, 0.1) is 13.0 Å². The lowest BCUT2D eigenvalue weighted by Gasteiger charge is -2.33. The van der Waals surface area contributed by atoms with Crippen LogP contribution in [-0.4, -0.2) is 46.6 Å². The number of anilines is 1. The van der Waals surface area contributed by atoms with Crippen molar-refractivity contribution >= 4 is 36.2 Å². The van der Waals surface area contributed by atoms with E-state index in [-0.39, 0.29) is 12.2 Å². The van der Waals surface area contributed by atoms with Crippen molar-refractivity contribution in [1.82, 2.24) is 5.32 Å². The van der Waals surface area contributed by atoms with Crippen LogP contribution in [0.15, 0.2) is 54.6 Å². The van der Waals surface area contributed by atoms with Gasteiger partial charge in [0.15, 0.2) is 0 Å². The Bertz CT molecular complexity index is 891. The number of rotatable bonds is 12. The summed E-state index contributed by atoms with van der Waals surface area (Å²) in [4.78, 5) is 36.4. The quantitative estimate of drug-likeness (QED) is 0.251. The normalized spacial score (nSPS) is 13.5. The number of ether oxygens (including phenoxy) is 1. The molecule has 1 amide bonds. The van der Waals surface area contributed by atoms with Gasteiger partial charge in [-0.1, -0.05) is 30.3 Å². The lowest BCUT2D eigenvalue weighted by molar-refractivity contribution is -0.148. The SMILES string of the molecule is COc1ccc(NC(CCC(=O)O)(NC(=O)C(CS)Cc2ccccc2)C(=O)O)cc1. The molecule has 0 aromatic heterocycles. The van der Waals surface area contributed by atoms with E-state index >= 15 is 0 Å². The summed E-state index contributed by atoms with van der Waals surface area (Å²) in [5, 5.41) is 24.4. The molecule has 0 spiro atoms. The third-order valence-corrected chi connectivity index (χ3v) is 5.22. The lowest BCUT2D eigenvalue weighted by Crippen LogP contribution is -2.61. The molecule has 0 heterocycles. The van der Waals surface area contributed by atoms with Gasteiger partial charge in [-0.15, -0.1) is 0 Å². The Hall–Kier alpha value is -3.20. The molecule has 2 unspecified atom stereocenters. The molecule has 0 aliphatic heterocycles. The number of carboxylic acids is 2. The first-order valence-electron chi connectivity index (χ1n) is 9.64. The van der Waals surface area contributed by atoms with Crippen LogP contribution in [0.4, 0.5) is 5.69 Å². The number of benzene rings is 2. The lowest BCUT2D eigenvalue weighted by atomic mass is 9.97. The Morgan fingerprint density at radius 3 is 2.23 bits per heavy atom. The van der Waals surface area contributed by atoms with E-state index in [9.17, 15) is 19.5 Å². The Morgan fingerprint density at radius 2 is 1.71 bits per heavy atom. The van der Waals surface area contributed by atoms with Crippen molar-refractivity contribution in [2.24, 2.45) is 5.92 Å². The summed E-state index contributed by atoms with van der Waals surface area (Å²) in [6.07, 6.45) is -0.451. The van der Waals surface area contributed by atoms with Crippen LogP contribution in [0.1, 0.15) is 18.4 Å². The second-order valence-corrected chi connectivity index (χ2v) is 7.38. The highest BCUT2D eigenvalue weighted by Crippen LogP contribution is 2.23. The third kappa shape index (κ3) is 6.92. The zero-order valence-corrected chi connectivity index (χ0v) is 18.0. The molecule has 0 bridgehead atoms. The van der Waals surface area contributed by atoms with Crippen LogP contribution < -0.4 is 15.4 Å². The molecular weight excluding hydrogens is 420 g/mol. The molecule has 2 aromatic rings. The predicted molar refractivity (Wildman–Crippen MR) is 119 cm³/mol. The van der Waals surface area contributed by atoms with E-state index in [0.717, 1.165) is 5.56 Å². The number of carbonyl (C=O) groups excluding carboxylic acids is 1. The number of aliphatic carboxylic acids is 2. The zero-order valence-electron chi connectivity index (χ0n) is 17.1. The van der Waals surface area contributed by atoms with Gasteiger partial charge in [0.2, 0.25) is 11.6 Å². The average molecular weight is 447 g/mol. The summed E-state index contributed by atoms with van der Waals surface area (Å²) in [7, 11) is 1.50. The minimum Gasteiger partial charge on any atom is -0.497 e. The molecule has 0 saturated heterocycles. The smallest absolute Gasteiger partial charge is 0.350 e. The van der Waals surface area contributed by atoms with Crippen molar-refractivity contribution in [2.75, 3.05) is 18.2 Å². The largest absolute Gasteiger partial charge is 0.497 e. The van der Waals surface area contributed by atoms with E-state index in [1.54, 1.807) is 24.3 Å². The van der Waals surface area contributed by atoms with Crippen LogP contribution >= 0.6 is 12.6 Å². The van der Waals surface area contributed by atoms with Gasteiger partial charge in [-0.2, -0.15) is 12.6 Å². The van der Waals surface area contributed by atoms with Gasteiger partial charge in [-0.05, 0) is 36.2 Å². The van der Waals surface area contributed by atoms with Crippen LogP contribution in [0.25, 0.3) is 0 Å². The van der Waals surface area contributed by atoms with Gasteiger partial charge in [-0.25, -0.2) is 4.79 Å². The molecule has 4 N–H and O–H groups in total. The second-order valence-electron chi connectivity index (χ2n) is 7.02. The highest BCUT2D eigenvalue weighted by atomic mass is 32.1. The Balaban J connectivity index is 2.29.